The number of rotatable bonds is 4. The lowest BCUT2D eigenvalue weighted by molar-refractivity contribution is -0.114. The zero-order chi connectivity index (χ0) is 16.4. The number of hydrogen-bond donors (Lipinski definition) is 1. The molecule has 0 aliphatic heterocycles. The second-order valence-electron chi connectivity index (χ2n) is 5.07. The maximum Gasteiger partial charge on any atom is 0.270 e. The summed E-state index contributed by atoms with van der Waals surface area (Å²) in [7, 11) is 0. The summed E-state index contributed by atoms with van der Waals surface area (Å²) in [6, 6.07) is 7.87. The maximum atomic E-state index is 11.2. The van der Waals surface area contributed by atoms with E-state index in [1.807, 2.05) is 38.1 Å². The monoisotopic (exact) mass is 328 g/mol. The number of carbonyl (C=O) groups excluding carboxylic acids is 1. The lowest BCUT2D eigenvalue weighted by atomic mass is 10.1. The van der Waals surface area contributed by atoms with Gasteiger partial charge in [0.15, 0.2) is 5.13 Å². The lowest BCUT2D eigenvalue weighted by Crippen LogP contribution is -2.05. The number of hydrogen-bond acceptors (Lipinski definition) is 6. The highest BCUT2D eigenvalue weighted by atomic mass is 32.1. The Morgan fingerprint density at radius 3 is 2.78 bits per heavy atom. The van der Waals surface area contributed by atoms with Crippen LogP contribution in [0.3, 0.4) is 0 Å². The third-order valence-electron chi connectivity index (χ3n) is 3.32. The lowest BCUT2D eigenvalue weighted by Gasteiger charge is -1.97. The fourth-order valence-electron chi connectivity index (χ4n) is 2.21. The normalized spacial score (nSPS) is 10.7. The largest absolute Gasteiger partial charge is 0.333 e. The Hall–Kier alpha value is -2.54. The van der Waals surface area contributed by atoms with Gasteiger partial charge in [-0.2, -0.15) is 4.98 Å². The van der Waals surface area contributed by atoms with E-state index in [0.717, 1.165) is 21.7 Å². The van der Waals surface area contributed by atoms with E-state index >= 15 is 0 Å². The van der Waals surface area contributed by atoms with Gasteiger partial charge < -0.3 is 9.84 Å². The number of nitrogens with zero attached hydrogens (tertiary/aromatic N) is 3. The Morgan fingerprint density at radius 2 is 2.09 bits per heavy atom. The van der Waals surface area contributed by atoms with Gasteiger partial charge in [-0.15, -0.1) is 0 Å². The van der Waals surface area contributed by atoms with Gasteiger partial charge in [-0.05, 0) is 18.9 Å². The summed E-state index contributed by atoms with van der Waals surface area (Å²) in [4.78, 5) is 20.9. The van der Waals surface area contributed by atoms with Crippen LogP contribution in [0.5, 0.6) is 0 Å². The molecule has 0 bridgehead atoms. The van der Waals surface area contributed by atoms with Crippen LogP contribution in [0, 0.1) is 6.92 Å². The summed E-state index contributed by atoms with van der Waals surface area (Å²) in [5.41, 5.74) is 2.85. The van der Waals surface area contributed by atoms with Crippen molar-refractivity contribution in [3.8, 4) is 22.2 Å². The molecular weight excluding hydrogens is 312 g/mol. The second-order valence-corrected chi connectivity index (χ2v) is 6.07. The number of anilines is 1. The fraction of sp³-hybridized carbons (Fsp3) is 0.250. The molecule has 0 saturated heterocycles. The van der Waals surface area contributed by atoms with E-state index < -0.39 is 0 Å². The SMILES string of the molecule is CCc1nc(NC(C)=O)sc1-c1nc(-c2ccccc2C)no1. The summed E-state index contributed by atoms with van der Waals surface area (Å²) in [6.07, 6.45) is 0.716. The Labute approximate surface area is 137 Å². The van der Waals surface area contributed by atoms with Crippen molar-refractivity contribution in [3.63, 3.8) is 0 Å². The predicted molar refractivity (Wildman–Crippen MR) is 89.3 cm³/mol. The third-order valence-corrected chi connectivity index (χ3v) is 4.32. The molecule has 0 aliphatic rings. The highest BCUT2D eigenvalue weighted by molar-refractivity contribution is 7.19. The predicted octanol–water partition coefficient (Wildman–Crippen LogP) is 3.69. The number of aryl methyl sites for hydroxylation is 2. The summed E-state index contributed by atoms with van der Waals surface area (Å²) in [5.74, 6) is 0.822. The van der Waals surface area contributed by atoms with Gasteiger partial charge in [0, 0.05) is 12.5 Å². The molecule has 2 aromatic heterocycles. The van der Waals surface area contributed by atoms with Gasteiger partial charge in [-0.25, -0.2) is 4.98 Å². The second kappa shape index (κ2) is 6.29. The van der Waals surface area contributed by atoms with E-state index in [9.17, 15) is 4.79 Å². The molecule has 7 heteroatoms. The third kappa shape index (κ3) is 3.14. The molecule has 6 nitrogen and oxygen atoms in total. The van der Waals surface area contributed by atoms with Crippen LogP contribution in [-0.4, -0.2) is 21.0 Å². The highest BCUT2D eigenvalue weighted by Crippen LogP contribution is 2.33. The molecule has 0 unspecified atom stereocenters. The van der Waals surface area contributed by atoms with Crippen molar-refractivity contribution in [1.82, 2.24) is 15.1 Å². The number of carbonyl (C=O) groups is 1. The van der Waals surface area contributed by atoms with Gasteiger partial charge in [0.1, 0.15) is 4.88 Å². The number of amides is 1. The van der Waals surface area contributed by atoms with Crippen LogP contribution in [0.25, 0.3) is 22.2 Å². The minimum atomic E-state index is -0.154. The average molecular weight is 328 g/mol. The highest BCUT2D eigenvalue weighted by Gasteiger charge is 2.19. The molecule has 2 heterocycles. The molecule has 3 aromatic rings. The van der Waals surface area contributed by atoms with Crippen LogP contribution in [0.4, 0.5) is 5.13 Å². The Kier molecular flexibility index (Phi) is 4.20. The minimum Gasteiger partial charge on any atom is -0.333 e. The first-order chi connectivity index (χ1) is 11.1. The van der Waals surface area contributed by atoms with E-state index in [-0.39, 0.29) is 5.91 Å². The summed E-state index contributed by atoms with van der Waals surface area (Å²) in [6.45, 7) is 5.45. The number of benzene rings is 1. The number of nitrogens with one attached hydrogen (secondary N) is 1. The van der Waals surface area contributed by atoms with Crippen molar-refractivity contribution >= 4 is 22.4 Å². The van der Waals surface area contributed by atoms with Crippen molar-refractivity contribution in [2.24, 2.45) is 0 Å². The zero-order valence-corrected chi connectivity index (χ0v) is 13.9. The number of aromatic nitrogens is 3. The van der Waals surface area contributed by atoms with Crippen LogP contribution < -0.4 is 5.32 Å². The van der Waals surface area contributed by atoms with Gasteiger partial charge >= 0.3 is 0 Å². The van der Waals surface area contributed by atoms with E-state index in [1.165, 1.54) is 18.3 Å². The van der Waals surface area contributed by atoms with E-state index in [1.54, 1.807) is 0 Å². The van der Waals surface area contributed by atoms with Gasteiger partial charge in [0.2, 0.25) is 11.7 Å². The molecule has 23 heavy (non-hydrogen) atoms. The van der Waals surface area contributed by atoms with Crippen LogP contribution in [0.1, 0.15) is 25.1 Å². The van der Waals surface area contributed by atoms with Crippen LogP contribution >= 0.6 is 11.3 Å². The standard InChI is InChI=1S/C16H16N4O2S/c1-4-12-13(23-16(18-12)17-10(3)21)15-19-14(20-22-15)11-8-6-5-7-9(11)2/h5-8H,4H2,1-3H3,(H,17,18,21). The van der Waals surface area contributed by atoms with Crippen molar-refractivity contribution < 1.29 is 9.32 Å². The molecular formula is C16H16N4O2S. The Morgan fingerprint density at radius 1 is 1.30 bits per heavy atom. The first-order valence-corrected chi connectivity index (χ1v) is 8.07. The van der Waals surface area contributed by atoms with Crippen molar-refractivity contribution in [2.75, 3.05) is 5.32 Å². The van der Waals surface area contributed by atoms with Gasteiger partial charge in [-0.1, -0.05) is 47.7 Å². The molecule has 1 aromatic carbocycles. The van der Waals surface area contributed by atoms with Crippen molar-refractivity contribution in [1.29, 1.82) is 0 Å². The topological polar surface area (TPSA) is 80.9 Å². The molecule has 0 fully saturated rings. The molecule has 118 valence electrons. The maximum absolute atomic E-state index is 11.2. The zero-order valence-electron chi connectivity index (χ0n) is 13.1. The molecule has 0 radical (unpaired) electrons. The van der Waals surface area contributed by atoms with Gasteiger partial charge in [0.25, 0.3) is 5.89 Å². The van der Waals surface area contributed by atoms with Crippen LogP contribution in [0.15, 0.2) is 28.8 Å². The summed E-state index contributed by atoms with van der Waals surface area (Å²) in [5, 5.41) is 7.31. The summed E-state index contributed by atoms with van der Waals surface area (Å²) < 4.78 is 5.42. The van der Waals surface area contributed by atoms with E-state index in [2.05, 4.69) is 20.4 Å². The molecule has 3 rings (SSSR count). The van der Waals surface area contributed by atoms with Crippen molar-refractivity contribution in [3.05, 3.63) is 35.5 Å². The molecule has 1 amide bonds. The van der Waals surface area contributed by atoms with Crippen molar-refractivity contribution in [2.45, 2.75) is 27.2 Å². The quantitative estimate of drug-likeness (QED) is 0.790. The van der Waals surface area contributed by atoms with Gasteiger partial charge in [-0.3, -0.25) is 4.79 Å². The van der Waals surface area contributed by atoms with Gasteiger partial charge in [0.05, 0.1) is 5.69 Å². The smallest absolute Gasteiger partial charge is 0.270 e. The minimum absolute atomic E-state index is 0.154. The number of thiazole rings is 1. The average Bonchev–Trinajstić information content (AvgIpc) is 3.13. The molecule has 0 atom stereocenters. The van der Waals surface area contributed by atoms with Crippen LogP contribution in [0.2, 0.25) is 0 Å². The first-order valence-electron chi connectivity index (χ1n) is 7.26. The Bertz CT molecular complexity index is 853. The molecule has 0 spiro atoms. The molecule has 1 N–H and O–H groups in total. The molecule has 0 saturated carbocycles. The van der Waals surface area contributed by atoms with E-state index in [0.29, 0.717) is 23.3 Å². The fourth-order valence-corrected chi connectivity index (χ4v) is 3.23. The molecule has 0 aliphatic carbocycles. The Balaban J connectivity index is 1.99. The van der Waals surface area contributed by atoms with Crippen LogP contribution in [-0.2, 0) is 11.2 Å². The van der Waals surface area contributed by atoms with E-state index in [4.69, 9.17) is 4.52 Å². The first kappa shape index (κ1) is 15.4. The summed E-state index contributed by atoms with van der Waals surface area (Å²) >= 11 is 1.34.